The van der Waals surface area contributed by atoms with Gasteiger partial charge in [-0.15, -0.1) is 0 Å². The van der Waals surface area contributed by atoms with E-state index in [0.29, 0.717) is 18.9 Å². The first-order chi connectivity index (χ1) is 14.6. The van der Waals surface area contributed by atoms with E-state index in [4.69, 9.17) is 19.2 Å². The number of ether oxygens (including phenoxy) is 3. The maximum Gasteiger partial charge on any atom is 0.161 e. The molecule has 2 aliphatic heterocycles. The van der Waals surface area contributed by atoms with E-state index in [1.165, 1.54) is 0 Å². The van der Waals surface area contributed by atoms with Gasteiger partial charge < -0.3 is 23.7 Å². The van der Waals surface area contributed by atoms with Crippen LogP contribution in [0.15, 0.2) is 9.39 Å². The Kier molecular flexibility index (Phi) is 10.6. The third kappa shape index (κ3) is 7.33. The number of rotatable bonds is 10. The molecule has 0 radical (unpaired) electrons. The normalized spacial score (nSPS) is 30.2. The van der Waals surface area contributed by atoms with Crippen molar-refractivity contribution in [3.63, 3.8) is 0 Å². The summed E-state index contributed by atoms with van der Waals surface area (Å²) < 4.78 is 36.0. The number of fused-ring (bicyclic) bond motifs is 1. The Morgan fingerprint density at radius 1 is 1.16 bits per heavy atom. The van der Waals surface area contributed by atoms with Gasteiger partial charge in [-0.25, -0.2) is 0 Å². The quantitative estimate of drug-likeness (QED) is 0.270. The fourth-order valence-electron chi connectivity index (χ4n) is 3.30. The highest BCUT2D eigenvalue weighted by Crippen LogP contribution is 2.40. The zero-order valence-electron chi connectivity index (χ0n) is 20.4. The lowest BCUT2D eigenvalue weighted by molar-refractivity contribution is -0.172. The summed E-state index contributed by atoms with van der Waals surface area (Å²) in [5, 5.41) is 0.930. The molecule has 2 aliphatic rings. The minimum Gasteiger partial charge on any atom is -0.591 e. The van der Waals surface area contributed by atoms with E-state index >= 15 is 0 Å². The Labute approximate surface area is 196 Å². The standard InChI is InChI=1S/C22H41N3O4S2/c1-9-11-13-27-18-16-20(30-21(23-16)25(7)8)29-17(19(18)28-14-12-10-2)15(3)24-31(26)22(4,5)6/h16-20H,9-14H2,1-8H3/t16-,17-,18-,19-,20-,31?/m1/s1. The second-order valence-corrected chi connectivity index (χ2v) is 12.3. The van der Waals surface area contributed by atoms with E-state index in [2.05, 4.69) is 18.2 Å². The number of thioether (sulfide) groups is 1. The molecule has 1 saturated heterocycles. The largest absolute Gasteiger partial charge is 0.591 e. The molecule has 6 atom stereocenters. The van der Waals surface area contributed by atoms with Crippen LogP contribution in [0.1, 0.15) is 67.2 Å². The molecule has 0 spiro atoms. The maximum atomic E-state index is 12.7. The summed E-state index contributed by atoms with van der Waals surface area (Å²) in [6.07, 6.45) is 3.07. The number of aliphatic imine (C=N–C) groups is 1. The van der Waals surface area contributed by atoms with Crippen molar-refractivity contribution in [2.24, 2.45) is 9.39 Å². The molecular formula is C22H41N3O4S2. The van der Waals surface area contributed by atoms with Crippen LogP contribution in [0, 0.1) is 0 Å². The molecule has 7 nitrogen and oxygen atoms in total. The van der Waals surface area contributed by atoms with Crippen LogP contribution in [-0.4, -0.2) is 82.2 Å². The lowest BCUT2D eigenvalue weighted by Crippen LogP contribution is -2.59. The van der Waals surface area contributed by atoms with Crippen LogP contribution in [0.25, 0.3) is 0 Å². The van der Waals surface area contributed by atoms with Crippen molar-refractivity contribution >= 4 is 34.0 Å². The second-order valence-electron chi connectivity index (χ2n) is 9.31. The predicted octanol–water partition coefficient (Wildman–Crippen LogP) is 4.04. The van der Waals surface area contributed by atoms with Crippen LogP contribution in [0.5, 0.6) is 0 Å². The lowest BCUT2D eigenvalue weighted by atomic mass is 9.95. The zero-order valence-corrected chi connectivity index (χ0v) is 22.1. The number of hydrogen-bond donors (Lipinski definition) is 0. The van der Waals surface area contributed by atoms with Crippen molar-refractivity contribution in [1.82, 2.24) is 4.90 Å². The Hall–Kier alpha value is -0.320. The van der Waals surface area contributed by atoms with E-state index in [1.54, 1.807) is 11.8 Å². The van der Waals surface area contributed by atoms with Crippen LogP contribution >= 0.6 is 11.8 Å². The molecule has 0 amide bonds. The van der Waals surface area contributed by atoms with Gasteiger partial charge in [0.1, 0.15) is 45.9 Å². The molecule has 1 fully saturated rings. The summed E-state index contributed by atoms with van der Waals surface area (Å²) >= 11 is 0.247. The highest BCUT2D eigenvalue weighted by molar-refractivity contribution is 8.14. The zero-order chi connectivity index (χ0) is 23.2. The Bertz CT molecular complexity index is 624. The smallest absolute Gasteiger partial charge is 0.161 e. The molecule has 0 aliphatic carbocycles. The van der Waals surface area contributed by atoms with Crippen LogP contribution < -0.4 is 0 Å². The first kappa shape index (κ1) is 26.9. The molecule has 0 aromatic carbocycles. The van der Waals surface area contributed by atoms with E-state index in [-0.39, 0.29) is 23.7 Å². The summed E-state index contributed by atoms with van der Waals surface area (Å²) in [6, 6.07) is -0.136. The Morgan fingerprint density at radius 3 is 2.26 bits per heavy atom. The van der Waals surface area contributed by atoms with E-state index in [9.17, 15) is 4.55 Å². The van der Waals surface area contributed by atoms with Gasteiger partial charge in [-0.2, -0.15) is 0 Å². The summed E-state index contributed by atoms with van der Waals surface area (Å²) in [7, 11) is 3.98. The third-order valence-electron chi connectivity index (χ3n) is 5.16. The molecule has 0 N–H and O–H groups in total. The molecule has 180 valence electrons. The molecule has 9 heteroatoms. The average Bonchev–Trinajstić information content (AvgIpc) is 3.12. The fraction of sp³-hybridized carbons (Fsp3) is 0.909. The van der Waals surface area contributed by atoms with Crippen molar-refractivity contribution in [3.05, 3.63) is 0 Å². The van der Waals surface area contributed by atoms with E-state index in [0.717, 1.165) is 30.9 Å². The van der Waals surface area contributed by atoms with Crippen molar-refractivity contribution in [2.45, 2.75) is 102 Å². The topological polar surface area (TPSA) is 78.7 Å². The predicted molar refractivity (Wildman–Crippen MR) is 131 cm³/mol. The molecule has 1 unspecified atom stereocenters. The number of amidine groups is 1. The molecule has 2 rings (SSSR count). The van der Waals surface area contributed by atoms with Gasteiger partial charge in [0, 0.05) is 27.3 Å². The van der Waals surface area contributed by atoms with Crippen LogP contribution in [0.2, 0.25) is 0 Å². The van der Waals surface area contributed by atoms with Crippen molar-refractivity contribution in [2.75, 3.05) is 27.3 Å². The lowest BCUT2D eigenvalue weighted by Gasteiger charge is -2.42. The summed E-state index contributed by atoms with van der Waals surface area (Å²) in [6.45, 7) is 13.2. The van der Waals surface area contributed by atoms with Gasteiger partial charge in [-0.1, -0.05) is 42.8 Å². The summed E-state index contributed by atoms with van der Waals surface area (Å²) in [5.74, 6) is 0. The van der Waals surface area contributed by atoms with Gasteiger partial charge in [0.15, 0.2) is 5.17 Å². The summed E-state index contributed by atoms with van der Waals surface area (Å²) in [4.78, 5) is 6.92. The van der Waals surface area contributed by atoms with Crippen molar-refractivity contribution < 1.29 is 18.8 Å². The van der Waals surface area contributed by atoms with E-state index < -0.39 is 22.2 Å². The Balaban J connectivity index is 2.35. The molecule has 0 aromatic rings. The molecule has 0 aromatic heterocycles. The van der Waals surface area contributed by atoms with Gasteiger partial charge in [-0.05, 0) is 40.5 Å². The Morgan fingerprint density at radius 2 is 1.74 bits per heavy atom. The highest BCUT2D eigenvalue weighted by Gasteiger charge is 2.52. The highest BCUT2D eigenvalue weighted by atomic mass is 32.2. The SMILES string of the molecule is CCCCO[C@@H]1[C@H]2N=C(N(C)C)S[C@H]2O[C@H](C(C)=N[S+]([O-])C(C)(C)C)[C@H]1OCCCC. The van der Waals surface area contributed by atoms with Crippen molar-refractivity contribution in [1.29, 1.82) is 0 Å². The first-order valence-corrected chi connectivity index (χ1v) is 13.4. The molecule has 2 heterocycles. The monoisotopic (exact) mass is 475 g/mol. The van der Waals surface area contributed by atoms with Crippen molar-refractivity contribution in [3.8, 4) is 0 Å². The van der Waals surface area contributed by atoms with Gasteiger partial charge in [0.25, 0.3) is 0 Å². The number of hydrogen-bond acceptors (Lipinski definition) is 8. The summed E-state index contributed by atoms with van der Waals surface area (Å²) in [5.41, 5.74) is 0.518. The van der Waals surface area contributed by atoms with Crippen LogP contribution in [-0.2, 0) is 25.6 Å². The van der Waals surface area contributed by atoms with Crippen LogP contribution in [0.3, 0.4) is 0 Å². The minimum absolute atomic E-state index is 0.136. The van der Waals surface area contributed by atoms with Gasteiger partial charge in [0.2, 0.25) is 0 Å². The molecule has 31 heavy (non-hydrogen) atoms. The number of unbranched alkanes of at least 4 members (excludes halogenated alkanes) is 2. The first-order valence-electron chi connectivity index (χ1n) is 11.4. The minimum atomic E-state index is -1.36. The third-order valence-corrected chi connectivity index (χ3v) is 7.97. The molecular weight excluding hydrogens is 434 g/mol. The van der Waals surface area contributed by atoms with Gasteiger partial charge in [-0.3, -0.25) is 4.99 Å². The second kappa shape index (κ2) is 12.2. The van der Waals surface area contributed by atoms with Gasteiger partial charge in [0.05, 0.1) is 5.71 Å². The van der Waals surface area contributed by atoms with E-state index in [1.807, 2.05) is 46.7 Å². The fourth-order valence-corrected chi connectivity index (χ4v) is 5.07. The average molecular weight is 476 g/mol. The van der Waals surface area contributed by atoms with Crippen LogP contribution in [0.4, 0.5) is 0 Å². The maximum absolute atomic E-state index is 12.7. The molecule has 0 saturated carbocycles. The van der Waals surface area contributed by atoms with Gasteiger partial charge >= 0.3 is 0 Å². The number of nitrogens with zero attached hydrogens (tertiary/aromatic N) is 3. The molecule has 0 bridgehead atoms.